The molecule has 1 fully saturated rings. The van der Waals surface area contributed by atoms with Crippen LogP contribution < -0.4 is 5.32 Å². The predicted octanol–water partition coefficient (Wildman–Crippen LogP) is 3.17. The Morgan fingerprint density at radius 1 is 1.30 bits per heavy atom. The van der Waals surface area contributed by atoms with Crippen molar-refractivity contribution in [3.05, 3.63) is 52.9 Å². The molecule has 1 N–H and O–H groups in total. The van der Waals surface area contributed by atoms with E-state index in [4.69, 9.17) is 4.52 Å². The van der Waals surface area contributed by atoms with Crippen LogP contribution in [0.2, 0.25) is 0 Å². The molecule has 7 heteroatoms. The van der Waals surface area contributed by atoms with Gasteiger partial charge in [-0.15, -0.1) is 0 Å². The van der Waals surface area contributed by atoms with E-state index in [-0.39, 0.29) is 12.6 Å². The van der Waals surface area contributed by atoms with Gasteiger partial charge in [-0.05, 0) is 30.5 Å². The van der Waals surface area contributed by atoms with Crippen LogP contribution >= 0.6 is 0 Å². The number of carbonyl (C=O) groups is 1. The highest BCUT2D eigenvalue weighted by molar-refractivity contribution is 5.73. The maximum atomic E-state index is 13.1. The molecule has 0 bridgehead atoms. The number of halogens is 2. The number of nitrogens with zero attached hydrogens (tertiary/aromatic N) is 2. The van der Waals surface area contributed by atoms with Crippen molar-refractivity contribution in [3.63, 3.8) is 0 Å². The zero-order chi connectivity index (χ0) is 16.4. The highest BCUT2D eigenvalue weighted by atomic mass is 19.1. The lowest BCUT2D eigenvalue weighted by Gasteiger charge is -2.16. The molecule has 122 valence electrons. The summed E-state index contributed by atoms with van der Waals surface area (Å²) in [6, 6.07) is 4.67. The first-order valence-electron chi connectivity index (χ1n) is 7.40. The Morgan fingerprint density at radius 2 is 2.00 bits per heavy atom. The van der Waals surface area contributed by atoms with Gasteiger partial charge in [0.15, 0.2) is 0 Å². The van der Waals surface area contributed by atoms with E-state index in [9.17, 15) is 13.6 Å². The lowest BCUT2D eigenvalue weighted by Crippen LogP contribution is -2.36. The maximum Gasteiger partial charge on any atom is 0.317 e. The molecule has 0 spiro atoms. The molecule has 0 atom stereocenters. The first kappa shape index (κ1) is 15.5. The topological polar surface area (TPSA) is 58.4 Å². The third-order valence-corrected chi connectivity index (χ3v) is 3.67. The van der Waals surface area contributed by atoms with Gasteiger partial charge in [-0.25, -0.2) is 13.6 Å². The number of benzene rings is 1. The lowest BCUT2D eigenvalue weighted by atomic mass is 10.2. The Labute approximate surface area is 132 Å². The van der Waals surface area contributed by atoms with Gasteiger partial charge in [-0.2, -0.15) is 0 Å². The van der Waals surface area contributed by atoms with E-state index < -0.39 is 11.6 Å². The summed E-state index contributed by atoms with van der Waals surface area (Å²) in [6.07, 6.45) is 2.24. The maximum absolute atomic E-state index is 13.1. The van der Waals surface area contributed by atoms with Crippen molar-refractivity contribution in [2.75, 3.05) is 7.05 Å². The summed E-state index contributed by atoms with van der Waals surface area (Å²) in [4.78, 5) is 13.4. The van der Waals surface area contributed by atoms with Crippen molar-refractivity contribution in [1.29, 1.82) is 0 Å². The Balaban J connectivity index is 1.52. The Bertz CT molecular complexity index is 693. The molecule has 1 aliphatic carbocycles. The van der Waals surface area contributed by atoms with Crippen LogP contribution in [0.25, 0.3) is 0 Å². The van der Waals surface area contributed by atoms with Gasteiger partial charge in [-0.3, -0.25) is 0 Å². The minimum atomic E-state index is -0.669. The van der Waals surface area contributed by atoms with E-state index in [1.807, 2.05) is 6.07 Å². The van der Waals surface area contributed by atoms with Crippen LogP contribution in [0.3, 0.4) is 0 Å². The summed E-state index contributed by atoms with van der Waals surface area (Å²) in [5, 5.41) is 6.56. The molecule has 3 rings (SSSR count). The minimum Gasteiger partial charge on any atom is -0.361 e. The van der Waals surface area contributed by atoms with Crippen molar-refractivity contribution < 1.29 is 18.1 Å². The van der Waals surface area contributed by atoms with Crippen LogP contribution in [0, 0.1) is 11.6 Å². The summed E-state index contributed by atoms with van der Waals surface area (Å²) in [5.41, 5.74) is 1.04. The lowest BCUT2D eigenvalue weighted by molar-refractivity contribution is 0.205. The second-order valence-electron chi connectivity index (χ2n) is 5.79. The fourth-order valence-corrected chi connectivity index (χ4v) is 2.30. The normalized spacial score (nSPS) is 13.9. The molecule has 5 nitrogen and oxygen atoms in total. The van der Waals surface area contributed by atoms with Crippen LogP contribution in [0.4, 0.5) is 13.6 Å². The van der Waals surface area contributed by atoms with Crippen LogP contribution in [-0.2, 0) is 13.1 Å². The molecule has 1 aromatic carbocycles. The van der Waals surface area contributed by atoms with Gasteiger partial charge in [0.25, 0.3) is 0 Å². The average Bonchev–Trinajstić information content (AvgIpc) is 3.24. The highest BCUT2D eigenvalue weighted by Crippen LogP contribution is 2.40. The molecule has 0 saturated heterocycles. The van der Waals surface area contributed by atoms with Gasteiger partial charge in [0, 0.05) is 31.6 Å². The first-order valence-corrected chi connectivity index (χ1v) is 7.40. The predicted molar refractivity (Wildman–Crippen MR) is 78.5 cm³/mol. The van der Waals surface area contributed by atoms with Gasteiger partial charge in [0.05, 0.1) is 6.54 Å². The van der Waals surface area contributed by atoms with Gasteiger partial charge < -0.3 is 14.7 Å². The van der Waals surface area contributed by atoms with Gasteiger partial charge in [0.2, 0.25) is 0 Å². The monoisotopic (exact) mass is 321 g/mol. The van der Waals surface area contributed by atoms with Crippen LogP contribution in [0.5, 0.6) is 0 Å². The Kier molecular flexibility index (Phi) is 4.27. The summed E-state index contributed by atoms with van der Waals surface area (Å²) >= 11 is 0. The largest absolute Gasteiger partial charge is 0.361 e. The molecule has 0 unspecified atom stereocenters. The molecule has 2 amide bonds. The molecular weight excluding hydrogens is 304 g/mol. The standard InChI is InChI=1S/C16H17F2N3O2/c1-21(9-14-7-15(23-20-14)11-2-3-11)16(22)19-8-10-4-12(17)6-13(18)5-10/h4-7,11H,2-3,8-9H2,1H3,(H,19,22). The van der Waals surface area contributed by atoms with Crippen molar-refractivity contribution in [1.82, 2.24) is 15.4 Å². The third kappa shape index (κ3) is 4.06. The average molecular weight is 321 g/mol. The van der Waals surface area contributed by atoms with Crippen molar-refractivity contribution in [2.45, 2.75) is 31.8 Å². The number of hydrogen-bond acceptors (Lipinski definition) is 3. The number of nitrogens with one attached hydrogen (secondary N) is 1. The van der Waals surface area contributed by atoms with Gasteiger partial charge >= 0.3 is 6.03 Å². The van der Waals surface area contributed by atoms with E-state index in [1.165, 1.54) is 17.0 Å². The van der Waals surface area contributed by atoms with Crippen LogP contribution in [0.1, 0.15) is 35.8 Å². The number of rotatable bonds is 5. The zero-order valence-corrected chi connectivity index (χ0v) is 12.7. The van der Waals surface area contributed by atoms with Gasteiger partial charge in [0.1, 0.15) is 23.1 Å². The molecule has 2 aromatic rings. The molecule has 0 radical (unpaired) electrons. The molecule has 1 aliphatic rings. The number of aromatic nitrogens is 1. The number of urea groups is 1. The fourth-order valence-electron chi connectivity index (χ4n) is 2.30. The van der Waals surface area contributed by atoms with Crippen LogP contribution in [0.15, 0.2) is 28.8 Å². The second kappa shape index (κ2) is 6.36. The van der Waals surface area contributed by atoms with E-state index in [1.54, 1.807) is 7.05 Å². The van der Waals surface area contributed by atoms with Crippen molar-refractivity contribution in [3.8, 4) is 0 Å². The summed E-state index contributed by atoms with van der Waals surface area (Å²) in [5.74, 6) is -0.00193. The second-order valence-corrected chi connectivity index (χ2v) is 5.79. The fraction of sp³-hybridized carbons (Fsp3) is 0.375. The zero-order valence-electron chi connectivity index (χ0n) is 12.7. The van der Waals surface area contributed by atoms with E-state index in [0.29, 0.717) is 23.7 Å². The smallest absolute Gasteiger partial charge is 0.317 e. The summed E-state index contributed by atoms with van der Waals surface area (Å²) in [7, 11) is 1.62. The number of hydrogen-bond donors (Lipinski definition) is 1. The number of carbonyl (C=O) groups excluding carboxylic acids is 1. The quantitative estimate of drug-likeness (QED) is 0.920. The van der Waals surface area contributed by atoms with Crippen LogP contribution in [-0.4, -0.2) is 23.1 Å². The SMILES string of the molecule is CN(Cc1cc(C2CC2)on1)C(=O)NCc1cc(F)cc(F)c1. The molecular formula is C16H17F2N3O2. The Hall–Kier alpha value is -2.44. The van der Waals surface area contributed by atoms with Gasteiger partial charge in [-0.1, -0.05) is 5.16 Å². The third-order valence-electron chi connectivity index (χ3n) is 3.67. The van der Waals surface area contributed by atoms with Crippen molar-refractivity contribution >= 4 is 6.03 Å². The molecule has 1 saturated carbocycles. The Morgan fingerprint density at radius 3 is 2.65 bits per heavy atom. The van der Waals surface area contributed by atoms with E-state index in [2.05, 4.69) is 10.5 Å². The van der Waals surface area contributed by atoms with E-state index >= 15 is 0 Å². The highest BCUT2D eigenvalue weighted by Gasteiger charge is 2.28. The molecule has 0 aliphatic heterocycles. The summed E-state index contributed by atoms with van der Waals surface area (Å²) < 4.78 is 31.4. The molecule has 1 heterocycles. The first-order chi connectivity index (χ1) is 11.0. The minimum absolute atomic E-state index is 0.0456. The van der Waals surface area contributed by atoms with E-state index in [0.717, 1.165) is 24.7 Å². The molecule has 23 heavy (non-hydrogen) atoms. The van der Waals surface area contributed by atoms with Crippen molar-refractivity contribution in [2.24, 2.45) is 0 Å². The molecule has 1 aromatic heterocycles. The summed E-state index contributed by atoms with van der Waals surface area (Å²) in [6.45, 7) is 0.351. The number of amides is 2.